The Hall–Kier alpha value is -0.870. The second-order valence-electron chi connectivity index (χ2n) is 6.86. The molecule has 2 saturated carbocycles. The van der Waals surface area contributed by atoms with E-state index in [1.807, 2.05) is 0 Å². The molecule has 1 spiro atoms. The van der Waals surface area contributed by atoms with Crippen LogP contribution in [0, 0.1) is 0 Å². The zero-order chi connectivity index (χ0) is 14.3. The van der Waals surface area contributed by atoms with E-state index in [-0.39, 0.29) is 11.7 Å². The number of nitrogens with zero attached hydrogens (tertiary/aromatic N) is 1. The van der Waals surface area contributed by atoms with Gasteiger partial charge >= 0.3 is 0 Å². The van der Waals surface area contributed by atoms with E-state index in [0.29, 0.717) is 11.9 Å². The Morgan fingerprint density at radius 1 is 1.14 bits per heavy atom. The molecule has 21 heavy (non-hydrogen) atoms. The molecule has 3 aliphatic rings. The Morgan fingerprint density at radius 2 is 1.86 bits per heavy atom. The lowest BCUT2D eigenvalue weighted by molar-refractivity contribution is -0.133. The van der Waals surface area contributed by atoms with E-state index in [1.54, 1.807) is 11.3 Å². The van der Waals surface area contributed by atoms with Gasteiger partial charge in [-0.2, -0.15) is 0 Å². The van der Waals surface area contributed by atoms with Gasteiger partial charge in [0.1, 0.15) is 11.7 Å². The fraction of sp³-hybridized carbons (Fsp3) is 0.706. The number of hydrogen-bond acceptors (Lipinski definition) is 3. The quantitative estimate of drug-likeness (QED) is 0.900. The summed E-state index contributed by atoms with van der Waals surface area (Å²) in [4.78, 5) is 16.5. The second kappa shape index (κ2) is 5.40. The summed E-state index contributed by atoms with van der Waals surface area (Å²) in [6, 6.07) is 4.71. The molecule has 2 aliphatic carbocycles. The molecule has 114 valence electrons. The van der Waals surface area contributed by atoms with Gasteiger partial charge in [0.05, 0.1) is 0 Å². The smallest absolute Gasteiger partial charge is 0.244 e. The molecular weight excluding hydrogens is 280 g/mol. The van der Waals surface area contributed by atoms with Crippen molar-refractivity contribution in [3.8, 4) is 0 Å². The highest BCUT2D eigenvalue weighted by Gasteiger charge is 2.60. The molecule has 4 heteroatoms. The number of nitrogens with one attached hydrogen (secondary N) is 1. The van der Waals surface area contributed by atoms with Crippen molar-refractivity contribution >= 4 is 17.2 Å². The molecule has 1 unspecified atom stereocenters. The van der Waals surface area contributed by atoms with Crippen LogP contribution in [0.3, 0.4) is 0 Å². The minimum atomic E-state index is -0.197. The average Bonchev–Trinajstić information content (AvgIpc) is 2.92. The standard InChI is InChI=1S/C17H24N2OS/c20-16-17(10-11-17)18-15(14-9-6-12-21-14)19(16)13-7-4-2-1-3-5-8-13/h6,9,12-13,15,18H,1-5,7-8,10-11H2. The molecule has 1 saturated heterocycles. The van der Waals surface area contributed by atoms with Crippen molar-refractivity contribution in [3.63, 3.8) is 0 Å². The highest BCUT2D eigenvalue weighted by molar-refractivity contribution is 7.10. The van der Waals surface area contributed by atoms with Crippen LogP contribution in [0.15, 0.2) is 17.5 Å². The van der Waals surface area contributed by atoms with Crippen LogP contribution in [-0.2, 0) is 4.79 Å². The van der Waals surface area contributed by atoms with Crippen LogP contribution in [-0.4, -0.2) is 22.4 Å². The van der Waals surface area contributed by atoms with E-state index in [4.69, 9.17) is 0 Å². The monoisotopic (exact) mass is 304 g/mol. The predicted molar refractivity (Wildman–Crippen MR) is 85.1 cm³/mol. The Balaban J connectivity index is 1.61. The summed E-state index contributed by atoms with van der Waals surface area (Å²) in [6.45, 7) is 0. The van der Waals surface area contributed by atoms with Crippen LogP contribution < -0.4 is 5.32 Å². The van der Waals surface area contributed by atoms with Crippen LogP contribution in [0.4, 0.5) is 0 Å². The Morgan fingerprint density at radius 3 is 2.48 bits per heavy atom. The fourth-order valence-electron chi connectivity index (χ4n) is 3.99. The van der Waals surface area contributed by atoms with E-state index >= 15 is 0 Å². The molecule has 1 aromatic rings. The van der Waals surface area contributed by atoms with Gasteiger partial charge in [-0.05, 0) is 37.1 Å². The number of carbonyl (C=O) groups excluding carboxylic acids is 1. The summed E-state index contributed by atoms with van der Waals surface area (Å²) < 4.78 is 0. The molecule has 1 aromatic heterocycles. The maximum absolute atomic E-state index is 13.0. The van der Waals surface area contributed by atoms with E-state index < -0.39 is 0 Å². The molecule has 1 N–H and O–H groups in total. The minimum absolute atomic E-state index is 0.129. The van der Waals surface area contributed by atoms with Gasteiger partial charge in [-0.15, -0.1) is 11.3 Å². The molecule has 1 aliphatic heterocycles. The molecule has 2 heterocycles. The van der Waals surface area contributed by atoms with Crippen molar-refractivity contribution in [1.29, 1.82) is 0 Å². The van der Waals surface area contributed by atoms with Gasteiger partial charge in [-0.25, -0.2) is 0 Å². The summed E-state index contributed by atoms with van der Waals surface area (Å²) in [5, 5.41) is 5.78. The molecular formula is C17H24N2OS. The topological polar surface area (TPSA) is 32.3 Å². The van der Waals surface area contributed by atoms with Crippen molar-refractivity contribution in [2.75, 3.05) is 0 Å². The van der Waals surface area contributed by atoms with Crippen molar-refractivity contribution in [3.05, 3.63) is 22.4 Å². The third kappa shape index (κ3) is 2.42. The van der Waals surface area contributed by atoms with Gasteiger partial charge < -0.3 is 4.90 Å². The maximum Gasteiger partial charge on any atom is 0.244 e. The largest absolute Gasteiger partial charge is 0.317 e. The summed E-state index contributed by atoms with van der Waals surface area (Å²) in [5.41, 5.74) is -0.197. The highest BCUT2D eigenvalue weighted by Crippen LogP contribution is 2.48. The molecule has 4 rings (SSSR count). The molecule has 0 radical (unpaired) electrons. The third-order valence-corrected chi connectivity index (χ3v) is 6.29. The second-order valence-corrected chi connectivity index (χ2v) is 7.84. The molecule has 1 amide bonds. The van der Waals surface area contributed by atoms with E-state index in [0.717, 1.165) is 12.8 Å². The van der Waals surface area contributed by atoms with Gasteiger partial charge in [0, 0.05) is 10.9 Å². The maximum atomic E-state index is 13.0. The number of hydrogen-bond donors (Lipinski definition) is 1. The molecule has 1 atom stereocenters. The molecule has 3 fully saturated rings. The molecule has 0 aromatic carbocycles. The van der Waals surface area contributed by atoms with Gasteiger partial charge in [-0.1, -0.05) is 38.2 Å². The van der Waals surface area contributed by atoms with Gasteiger partial charge in [0.2, 0.25) is 5.91 Å². The molecule has 0 bridgehead atoms. The van der Waals surface area contributed by atoms with Gasteiger partial charge in [0.15, 0.2) is 0 Å². The first-order valence-electron chi connectivity index (χ1n) is 8.44. The first kappa shape index (κ1) is 13.8. The third-order valence-electron chi connectivity index (χ3n) is 5.37. The lowest BCUT2D eigenvalue weighted by Gasteiger charge is -2.33. The summed E-state index contributed by atoms with van der Waals surface area (Å²) in [6.07, 6.45) is 11.1. The van der Waals surface area contributed by atoms with Gasteiger partial charge in [-0.3, -0.25) is 10.1 Å². The first-order valence-corrected chi connectivity index (χ1v) is 9.32. The van der Waals surface area contributed by atoms with Crippen LogP contribution in [0.2, 0.25) is 0 Å². The van der Waals surface area contributed by atoms with Crippen molar-refractivity contribution in [2.24, 2.45) is 0 Å². The Labute approximate surface area is 130 Å². The summed E-state index contributed by atoms with van der Waals surface area (Å²) >= 11 is 1.77. The molecule has 3 nitrogen and oxygen atoms in total. The summed E-state index contributed by atoms with van der Waals surface area (Å²) in [7, 11) is 0. The van der Waals surface area contributed by atoms with Crippen LogP contribution in [0.1, 0.15) is 68.8 Å². The van der Waals surface area contributed by atoms with Crippen LogP contribution in [0.5, 0.6) is 0 Å². The van der Waals surface area contributed by atoms with E-state index in [9.17, 15) is 4.79 Å². The minimum Gasteiger partial charge on any atom is -0.317 e. The van der Waals surface area contributed by atoms with Crippen molar-refractivity contribution in [1.82, 2.24) is 10.2 Å². The van der Waals surface area contributed by atoms with Gasteiger partial charge in [0.25, 0.3) is 0 Å². The SMILES string of the molecule is O=C1N(C2CCCCCCC2)C(c2cccs2)NC12CC2. The van der Waals surface area contributed by atoms with E-state index in [2.05, 4.69) is 27.7 Å². The summed E-state index contributed by atoms with van der Waals surface area (Å²) in [5.74, 6) is 0.381. The average molecular weight is 304 g/mol. The van der Waals surface area contributed by atoms with Crippen molar-refractivity contribution < 1.29 is 4.79 Å². The Bertz CT molecular complexity index is 501. The lowest BCUT2D eigenvalue weighted by atomic mass is 9.95. The number of thiophene rings is 1. The number of amides is 1. The lowest BCUT2D eigenvalue weighted by Crippen LogP contribution is -2.40. The predicted octanol–water partition coefficient (Wildman–Crippen LogP) is 3.82. The zero-order valence-corrected chi connectivity index (χ0v) is 13.3. The van der Waals surface area contributed by atoms with E-state index in [1.165, 1.54) is 49.8 Å². The fourth-order valence-corrected chi connectivity index (χ4v) is 4.76. The normalized spacial score (nSPS) is 29.6. The Kier molecular flexibility index (Phi) is 3.54. The zero-order valence-electron chi connectivity index (χ0n) is 12.5. The van der Waals surface area contributed by atoms with Crippen molar-refractivity contribution in [2.45, 2.75) is 75.5 Å². The van der Waals surface area contributed by atoms with Crippen LogP contribution >= 0.6 is 11.3 Å². The first-order chi connectivity index (χ1) is 10.3. The number of rotatable bonds is 2. The number of carbonyl (C=O) groups is 1. The van der Waals surface area contributed by atoms with Crippen LogP contribution in [0.25, 0.3) is 0 Å². The highest BCUT2D eigenvalue weighted by atomic mass is 32.1.